The Labute approximate surface area is 105 Å². The minimum atomic E-state index is -0.226. The second kappa shape index (κ2) is 3.48. The number of nitrogens with zero attached hydrogens (tertiary/aromatic N) is 2. The molecule has 0 aromatic carbocycles. The van der Waals surface area contributed by atoms with Crippen LogP contribution < -0.4 is 10.2 Å². The second-order valence-electron chi connectivity index (χ2n) is 5.39. The van der Waals surface area contributed by atoms with E-state index >= 15 is 0 Å². The number of aryl methyl sites for hydroxylation is 1. The number of carbonyl (C=O) groups excluding carboxylic acids is 1. The lowest BCUT2D eigenvalue weighted by Crippen LogP contribution is -2.42. The van der Waals surface area contributed by atoms with E-state index in [1.165, 1.54) is 0 Å². The highest BCUT2D eigenvalue weighted by atomic mass is 16.2. The summed E-state index contributed by atoms with van der Waals surface area (Å²) in [4.78, 5) is 21.2. The van der Waals surface area contributed by atoms with Gasteiger partial charge in [-0.05, 0) is 32.4 Å². The maximum Gasteiger partial charge on any atom is 0.322 e. The van der Waals surface area contributed by atoms with Crippen LogP contribution in [0.4, 0.5) is 10.5 Å². The zero-order chi connectivity index (χ0) is 12.9. The van der Waals surface area contributed by atoms with Gasteiger partial charge in [-0.15, -0.1) is 0 Å². The number of nitrogens with one attached hydrogen (secondary N) is 2. The van der Waals surface area contributed by atoms with Gasteiger partial charge in [-0.25, -0.2) is 9.78 Å². The zero-order valence-corrected chi connectivity index (χ0v) is 10.7. The predicted octanol–water partition coefficient (Wildman–Crippen LogP) is 2.18. The summed E-state index contributed by atoms with van der Waals surface area (Å²) in [6, 6.07) is 2.00. The maximum absolute atomic E-state index is 12.0. The van der Waals surface area contributed by atoms with Crippen molar-refractivity contribution in [2.45, 2.75) is 26.3 Å². The van der Waals surface area contributed by atoms with E-state index in [1.807, 2.05) is 33.2 Å². The van der Waals surface area contributed by atoms with Crippen molar-refractivity contribution < 1.29 is 4.79 Å². The molecule has 1 aliphatic heterocycles. The van der Waals surface area contributed by atoms with E-state index in [4.69, 9.17) is 0 Å². The monoisotopic (exact) mass is 244 g/mol. The first kappa shape index (κ1) is 11.1. The van der Waals surface area contributed by atoms with E-state index in [9.17, 15) is 4.79 Å². The molecule has 0 spiro atoms. The molecule has 0 saturated carbocycles. The number of anilines is 1. The van der Waals surface area contributed by atoms with Gasteiger partial charge in [0, 0.05) is 24.3 Å². The third-order valence-corrected chi connectivity index (χ3v) is 3.37. The van der Waals surface area contributed by atoms with Crippen molar-refractivity contribution in [3.63, 3.8) is 0 Å². The lowest BCUT2D eigenvalue weighted by atomic mass is 10.0. The first-order chi connectivity index (χ1) is 8.49. The first-order valence-electron chi connectivity index (χ1n) is 6.01. The molecule has 0 aliphatic carbocycles. The van der Waals surface area contributed by atoms with Gasteiger partial charge in [0.15, 0.2) is 0 Å². The largest absolute Gasteiger partial charge is 0.344 e. The fourth-order valence-corrected chi connectivity index (χ4v) is 2.44. The molecule has 94 valence electrons. The van der Waals surface area contributed by atoms with Gasteiger partial charge in [0.05, 0.1) is 11.2 Å². The van der Waals surface area contributed by atoms with Crippen LogP contribution in [0.15, 0.2) is 18.5 Å². The summed E-state index contributed by atoms with van der Waals surface area (Å²) in [5, 5.41) is 3.87. The Morgan fingerprint density at radius 1 is 1.44 bits per heavy atom. The standard InChI is InChI=1S/C13H16N4O/c1-8-4-9-10(6-15-11(9)14-5-8)17-12(18)16-7-13(17,2)3/h4-6H,7H2,1-3H3,(H,14,15)(H,16,18). The number of aromatic nitrogens is 2. The van der Waals surface area contributed by atoms with Crippen LogP contribution in [-0.4, -0.2) is 28.1 Å². The Balaban J connectivity index is 2.20. The smallest absolute Gasteiger partial charge is 0.322 e. The van der Waals surface area contributed by atoms with Gasteiger partial charge in [0.25, 0.3) is 0 Å². The lowest BCUT2D eigenvalue weighted by Gasteiger charge is -2.29. The van der Waals surface area contributed by atoms with Crippen molar-refractivity contribution in [2.75, 3.05) is 11.4 Å². The Morgan fingerprint density at radius 3 is 2.89 bits per heavy atom. The average Bonchev–Trinajstić information content (AvgIpc) is 2.80. The van der Waals surface area contributed by atoms with Crippen molar-refractivity contribution in [1.82, 2.24) is 15.3 Å². The summed E-state index contributed by atoms with van der Waals surface area (Å²) in [6.07, 6.45) is 3.67. The highest BCUT2D eigenvalue weighted by molar-refractivity contribution is 6.04. The number of fused-ring (bicyclic) bond motifs is 1. The van der Waals surface area contributed by atoms with E-state index in [1.54, 1.807) is 4.90 Å². The van der Waals surface area contributed by atoms with E-state index in [2.05, 4.69) is 21.4 Å². The van der Waals surface area contributed by atoms with Gasteiger partial charge in [0.1, 0.15) is 5.65 Å². The van der Waals surface area contributed by atoms with Gasteiger partial charge in [-0.1, -0.05) is 0 Å². The minimum Gasteiger partial charge on any atom is -0.344 e. The fourth-order valence-electron chi connectivity index (χ4n) is 2.44. The van der Waals surface area contributed by atoms with Crippen molar-refractivity contribution in [3.8, 4) is 0 Å². The number of carbonyl (C=O) groups is 1. The van der Waals surface area contributed by atoms with Crippen LogP contribution in [-0.2, 0) is 0 Å². The Morgan fingerprint density at radius 2 is 2.22 bits per heavy atom. The molecule has 3 rings (SSSR count). The van der Waals surface area contributed by atoms with Crippen LogP contribution in [0.2, 0.25) is 0 Å². The average molecular weight is 244 g/mol. The molecule has 1 fully saturated rings. The zero-order valence-electron chi connectivity index (χ0n) is 10.7. The number of hydrogen-bond donors (Lipinski definition) is 2. The molecule has 2 aromatic rings. The highest BCUT2D eigenvalue weighted by Gasteiger charge is 2.39. The fraction of sp³-hybridized carbons (Fsp3) is 0.385. The Bertz CT molecular complexity index is 629. The number of aromatic amines is 1. The predicted molar refractivity (Wildman–Crippen MR) is 70.8 cm³/mol. The molecule has 2 amide bonds. The Hall–Kier alpha value is -2.04. The summed E-state index contributed by atoms with van der Waals surface area (Å²) in [5.41, 5.74) is 2.56. The number of H-pyrrole nitrogens is 1. The van der Waals surface area contributed by atoms with Gasteiger partial charge >= 0.3 is 6.03 Å². The van der Waals surface area contributed by atoms with E-state index in [-0.39, 0.29) is 11.6 Å². The third-order valence-electron chi connectivity index (χ3n) is 3.37. The molecule has 5 nitrogen and oxygen atoms in total. The summed E-state index contributed by atoms with van der Waals surface area (Å²) >= 11 is 0. The molecular weight excluding hydrogens is 228 g/mol. The molecule has 0 atom stereocenters. The van der Waals surface area contributed by atoms with Crippen molar-refractivity contribution in [1.29, 1.82) is 0 Å². The molecule has 5 heteroatoms. The molecule has 1 aliphatic rings. The number of amides is 2. The number of urea groups is 1. The molecule has 2 aromatic heterocycles. The van der Waals surface area contributed by atoms with Gasteiger partial charge in [-0.3, -0.25) is 4.90 Å². The molecule has 3 heterocycles. The van der Waals surface area contributed by atoms with Gasteiger partial charge in [0.2, 0.25) is 0 Å². The van der Waals surface area contributed by atoms with Crippen LogP contribution in [0.3, 0.4) is 0 Å². The van der Waals surface area contributed by atoms with Crippen LogP contribution in [0.5, 0.6) is 0 Å². The molecule has 2 N–H and O–H groups in total. The van der Waals surface area contributed by atoms with Crippen LogP contribution in [0.25, 0.3) is 11.0 Å². The molecule has 0 radical (unpaired) electrons. The number of rotatable bonds is 1. The SMILES string of the molecule is Cc1cnc2[nH]cc(N3C(=O)NCC3(C)C)c2c1. The van der Waals surface area contributed by atoms with E-state index < -0.39 is 0 Å². The topological polar surface area (TPSA) is 61.0 Å². The van der Waals surface area contributed by atoms with Gasteiger partial charge in [-0.2, -0.15) is 0 Å². The molecular formula is C13H16N4O. The molecule has 0 bridgehead atoms. The third kappa shape index (κ3) is 1.47. The van der Waals surface area contributed by atoms with Crippen molar-refractivity contribution in [3.05, 3.63) is 24.0 Å². The van der Waals surface area contributed by atoms with E-state index in [0.717, 1.165) is 22.3 Å². The maximum atomic E-state index is 12.0. The lowest BCUT2D eigenvalue weighted by molar-refractivity contribution is 0.251. The van der Waals surface area contributed by atoms with Crippen LogP contribution in [0.1, 0.15) is 19.4 Å². The second-order valence-corrected chi connectivity index (χ2v) is 5.39. The molecule has 0 unspecified atom stereocenters. The van der Waals surface area contributed by atoms with Gasteiger partial charge < -0.3 is 10.3 Å². The molecule has 18 heavy (non-hydrogen) atoms. The van der Waals surface area contributed by atoms with Crippen LogP contribution in [0, 0.1) is 6.92 Å². The molecule has 1 saturated heterocycles. The normalized spacial score (nSPS) is 18.4. The summed E-state index contributed by atoms with van der Waals surface area (Å²) < 4.78 is 0. The van der Waals surface area contributed by atoms with Crippen molar-refractivity contribution >= 4 is 22.8 Å². The van der Waals surface area contributed by atoms with Crippen molar-refractivity contribution in [2.24, 2.45) is 0 Å². The number of pyridine rings is 1. The minimum absolute atomic E-state index is 0.0533. The van der Waals surface area contributed by atoms with Crippen LogP contribution >= 0.6 is 0 Å². The first-order valence-corrected chi connectivity index (χ1v) is 6.01. The summed E-state index contributed by atoms with van der Waals surface area (Å²) in [7, 11) is 0. The summed E-state index contributed by atoms with van der Waals surface area (Å²) in [5.74, 6) is 0. The summed E-state index contributed by atoms with van der Waals surface area (Å²) in [6.45, 7) is 6.75. The number of hydrogen-bond acceptors (Lipinski definition) is 2. The highest BCUT2D eigenvalue weighted by Crippen LogP contribution is 2.33. The quantitative estimate of drug-likeness (QED) is 0.807. The van der Waals surface area contributed by atoms with E-state index in [0.29, 0.717) is 6.54 Å². The Kier molecular flexibility index (Phi) is 2.14.